The zero-order valence-corrected chi connectivity index (χ0v) is 15.5. The molecule has 1 aliphatic carbocycles. The van der Waals surface area contributed by atoms with E-state index < -0.39 is 0 Å². The molecule has 1 saturated carbocycles. The summed E-state index contributed by atoms with van der Waals surface area (Å²) in [5, 5.41) is 12.9. The highest BCUT2D eigenvalue weighted by Crippen LogP contribution is 2.38. The van der Waals surface area contributed by atoms with Gasteiger partial charge in [0.15, 0.2) is 0 Å². The summed E-state index contributed by atoms with van der Waals surface area (Å²) < 4.78 is 0. The van der Waals surface area contributed by atoms with E-state index in [2.05, 4.69) is 11.4 Å². The van der Waals surface area contributed by atoms with Gasteiger partial charge in [0.1, 0.15) is 16.7 Å². The fraction of sp³-hybridized carbons (Fsp3) is 0.722. The molecule has 0 radical (unpaired) electrons. The smallest absolute Gasteiger partial charge is 0.264 e. The molecule has 2 fully saturated rings. The predicted octanol–water partition coefficient (Wildman–Crippen LogP) is 3.32. The van der Waals surface area contributed by atoms with E-state index in [1.165, 1.54) is 24.6 Å². The molecule has 1 heterocycles. The van der Waals surface area contributed by atoms with Crippen molar-refractivity contribution in [3.8, 4) is 6.07 Å². The Balaban J connectivity index is 2.19. The van der Waals surface area contributed by atoms with Crippen LogP contribution in [-0.2, 0) is 9.59 Å². The third-order valence-electron chi connectivity index (χ3n) is 4.60. The van der Waals surface area contributed by atoms with E-state index in [0.717, 1.165) is 32.1 Å². The molecule has 1 atom stereocenters. The van der Waals surface area contributed by atoms with Gasteiger partial charge in [-0.1, -0.05) is 51.3 Å². The van der Waals surface area contributed by atoms with Gasteiger partial charge in [-0.05, 0) is 25.7 Å². The molecule has 1 saturated heterocycles. The van der Waals surface area contributed by atoms with Gasteiger partial charge in [-0.2, -0.15) is 5.26 Å². The Morgan fingerprint density at radius 3 is 2.50 bits per heavy atom. The monoisotopic (exact) mass is 349 g/mol. The van der Waals surface area contributed by atoms with Crippen LogP contribution in [0.2, 0.25) is 0 Å². The van der Waals surface area contributed by atoms with Crippen LogP contribution in [0.1, 0.15) is 65.2 Å². The number of amides is 2. The molecule has 2 rings (SSSR count). The largest absolute Gasteiger partial charge is 0.349 e. The van der Waals surface area contributed by atoms with Gasteiger partial charge in [0.05, 0.1) is 5.25 Å². The molecule has 5 nitrogen and oxygen atoms in total. The number of hydrogen-bond acceptors (Lipinski definition) is 4. The number of carbonyl (C=O) groups excluding carboxylic acids is 2. The Morgan fingerprint density at radius 2 is 1.96 bits per heavy atom. The SMILES string of the molecule is CCCN1C(=O)C(CC)S/C1=C(/C#N)C(=O)NC1CCCCCC1. The van der Waals surface area contributed by atoms with Gasteiger partial charge in [0.25, 0.3) is 5.91 Å². The van der Waals surface area contributed by atoms with Gasteiger partial charge in [-0.3, -0.25) is 9.59 Å². The first-order valence-corrected chi connectivity index (χ1v) is 9.93. The maximum atomic E-state index is 12.7. The highest BCUT2D eigenvalue weighted by Gasteiger charge is 2.38. The second-order valence-electron chi connectivity index (χ2n) is 6.46. The molecular weight excluding hydrogens is 322 g/mol. The summed E-state index contributed by atoms with van der Waals surface area (Å²) in [6.45, 7) is 4.51. The minimum absolute atomic E-state index is 0.0226. The lowest BCUT2D eigenvalue weighted by Gasteiger charge is -2.19. The number of nitrogens with one attached hydrogen (secondary N) is 1. The van der Waals surface area contributed by atoms with Gasteiger partial charge >= 0.3 is 0 Å². The van der Waals surface area contributed by atoms with Crippen molar-refractivity contribution in [2.24, 2.45) is 0 Å². The predicted molar refractivity (Wildman–Crippen MR) is 95.9 cm³/mol. The highest BCUT2D eigenvalue weighted by atomic mass is 32.2. The molecule has 0 aromatic carbocycles. The summed E-state index contributed by atoms with van der Waals surface area (Å²) in [7, 11) is 0. The fourth-order valence-corrected chi connectivity index (χ4v) is 4.52. The van der Waals surface area contributed by atoms with E-state index in [1.54, 1.807) is 4.90 Å². The summed E-state index contributed by atoms with van der Waals surface area (Å²) in [5.74, 6) is -0.299. The van der Waals surface area contributed by atoms with Crippen LogP contribution in [0.25, 0.3) is 0 Å². The van der Waals surface area contributed by atoms with Gasteiger partial charge in [-0.15, -0.1) is 0 Å². The van der Waals surface area contributed by atoms with Crippen LogP contribution in [0.3, 0.4) is 0 Å². The lowest BCUT2D eigenvalue weighted by molar-refractivity contribution is -0.127. The molecule has 132 valence electrons. The van der Waals surface area contributed by atoms with E-state index in [9.17, 15) is 14.9 Å². The highest BCUT2D eigenvalue weighted by molar-refractivity contribution is 8.04. The van der Waals surface area contributed by atoms with Crippen molar-refractivity contribution in [3.63, 3.8) is 0 Å². The molecule has 1 aliphatic heterocycles. The molecule has 1 N–H and O–H groups in total. The average molecular weight is 350 g/mol. The van der Waals surface area contributed by atoms with Crippen LogP contribution < -0.4 is 5.32 Å². The molecule has 0 spiro atoms. The second-order valence-corrected chi connectivity index (χ2v) is 7.65. The Morgan fingerprint density at radius 1 is 1.29 bits per heavy atom. The third kappa shape index (κ3) is 4.32. The summed E-state index contributed by atoms with van der Waals surface area (Å²) in [4.78, 5) is 26.7. The number of nitriles is 1. The first kappa shape index (κ1) is 18.9. The van der Waals surface area contributed by atoms with Crippen LogP contribution in [0.4, 0.5) is 0 Å². The Hall–Kier alpha value is -1.48. The quantitative estimate of drug-likeness (QED) is 0.469. The number of carbonyl (C=O) groups is 2. The minimum atomic E-state index is -0.322. The molecule has 0 bridgehead atoms. The Kier molecular flexibility index (Phi) is 7.16. The van der Waals surface area contributed by atoms with Gasteiger partial charge < -0.3 is 10.2 Å². The Labute approximate surface area is 148 Å². The van der Waals surface area contributed by atoms with Crippen LogP contribution in [0, 0.1) is 11.3 Å². The van der Waals surface area contributed by atoms with Crippen molar-refractivity contribution < 1.29 is 9.59 Å². The first-order chi connectivity index (χ1) is 11.6. The van der Waals surface area contributed by atoms with Gasteiger partial charge in [0.2, 0.25) is 5.91 Å². The van der Waals surface area contributed by atoms with Crippen molar-refractivity contribution >= 4 is 23.6 Å². The molecule has 6 heteroatoms. The molecule has 0 aromatic heterocycles. The molecule has 1 unspecified atom stereocenters. The van der Waals surface area contributed by atoms with Crippen LogP contribution in [0.15, 0.2) is 10.6 Å². The maximum Gasteiger partial charge on any atom is 0.264 e. The number of nitrogens with zero attached hydrogens (tertiary/aromatic N) is 2. The van der Waals surface area contributed by atoms with Crippen molar-refractivity contribution in [1.82, 2.24) is 10.2 Å². The van der Waals surface area contributed by atoms with Crippen molar-refractivity contribution in [1.29, 1.82) is 5.26 Å². The lowest BCUT2D eigenvalue weighted by Crippen LogP contribution is -2.37. The number of thioether (sulfide) groups is 1. The fourth-order valence-electron chi connectivity index (χ4n) is 3.29. The van der Waals surface area contributed by atoms with Gasteiger partial charge in [0, 0.05) is 12.6 Å². The summed E-state index contributed by atoms with van der Waals surface area (Å²) in [5.41, 5.74) is 0.0991. The normalized spacial score (nSPS) is 24.5. The second kappa shape index (κ2) is 9.12. The number of rotatable bonds is 5. The minimum Gasteiger partial charge on any atom is -0.349 e. The summed E-state index contributed by atoms with van der Waals surface area (Å²) >= 11 is 1.37. The van der Waals surface area contributed by atoms with E-state index >= 15 is 0 Å². The first-order valence-electron chi connectivity index (χ1n) is 9.05. The molecule has 2 amide bonds. The lowest BCUT2D eigenvalue weighted by atomic mass is 10.1. The van der Waals surface area contributed by atoms with Crippen molar-refractivity contribution in [3.05, 3.63) is 10.6 Å². The molecular formula is C18H27N3O2S. The number of hydrogen-bond donors (Lipinski definition) is 1. The topological polar surface area (TPSA) is 73.2 Å². The van der Waals surface area contributed by atoms with Crippen molar-refractivity contribution in [2.45, 2.75) is 76.5 Å². The maximum absolute atomic E-state index is 12.7. The third-order valence-corrected chi connectivity index (χ3v) is 6.07. The van der Waals surface area contributed by atoms with Crippen LogP contribution in [0.5, 0.6) is 0 Å². The molecule has 24 heavy (non-hydrogen) atoms. The zero-order valence-electron chi connectivity index (χ0n) is 14.6. The zero-order chi connectivity index (χ0) is 17.5. The van der Waals surface area contributed by atoms with Crippen molar-refractivity contribution in [2.75, 3.05) is 6.54 Å². The average Bonchev–Trinajstić information content (AvgIpc) is 2.75. The molecule has 0 aromatic rings. The van der Waals surface area contributed by atoms with E-state index in [4.69, 9.17) is 0 Å². The van der Waals surface area contributed by atoms with E-state index in [-0.39, 0.29) is 28.7 Å². The van der Waals surface area contributed by atoms with E-state index in [0.29, 0.717) is 18.0 Å². The summed E-state index contributed by atoms with van der Waals surface area (Å²) in [6, 6.07) is 2.20. The van der Waals surface area contributed by atoms with Crippen LogP contribution in [-0.4, -0.2) is 34.6 Å². The standard InChI is InChI=1S/C18H27N3O2S/c1-3-11-21-17(23)15(4-2)24-18(21)14(12-19)16(22)20-13-9-7-5-6-8-10-13/h13,15H,3-11H2,1-2H3,(H,20,22)/b18-14-. The molecule has 2 aliphatic rings. The van der Waals surface area contributed by atoms with Crippen LogP contribution >= 0.6 is 11.8 Å². The van der Waals surface area contributed by atoms with E-state index in [1.807, 2.05) is 13.8 Å². The van der Waals surface area contributed by atoms with Gasteiger partial charge in [-0.25, -0.2) is 0 Å². The Bertz CT molecular complexity index is 545. The summed E-state index contributed by atoms with van der Waals surface area (Å²) in [6.07, 6.45) is 8.12.